The fraction of sp³-hybridized carbons (Fsp3) is 0.714. The number of rotatable bonds is 9. The number of aryl methyl sites for hydroxylation is 1. The fourth-order valence-electron chi connectivity index (χ4n) is 2.07. The summed E-state index contributed by atoms with van der Waals surface area (Å²) in [5.41, 5.74) is -0.575. The Bertz CT molecular complexity index is 365. The second kappa shape index (κ2) is 7.94. The van der Waals surface area contributed by atoms with Gasteiger partial charge in [0.05, 0.1) is 7.11 Å². The number of carbonyl (C=O) groups is 1. The number of carbonyl (C=O) groups excluding carboxylic acids is 1. The summed E-state index contributed by atoms with van der Waals surface area (Å²) >= 11 is 0. The molecule has 0 aliphatic heterocycles. The van der Waals surface area contributed by atoms with Crippen LogP contribution >= 0.6 is 0 Å². The molecule has 1 aromatic rings. The summed E-state index contributed by atoms with van der Waals surface area (Å²) in [5, 5.41) is 7.45. The second-order valence-corrected chi connectivity index (χ2v) is 4.98. The molecule has 1 aromatic heterocycles. The normalized spacial score (nSPS) is 14.1. The average Bonchev–Trinajstić information content (AvgIpc) is 2.93. The summed E-state index contributed by atoms with van der Waals surface area (Å²) < 4.78 is 6.81. The number of hydrogen-bond donors (Lipinski definition) is 1. The number of unbranched alkanes of at least 4 members (excludes halogenated alkanes) is 1. The van der Waals surface area contributed by atoms with Crippen LogP contribution in [0.2, 0.25) is 0 Å². The zero-order valence-corrected chi connectivity index (χ0v) is 12.2. The van der Waals surface area contributed by atoms with Gasteiger partial charge in [-0.15, -0.1) is 0 Å². The Kier molecular flexibility index (Phi) is 6.56. The summed E-state index contributed by atoms with van der Waals surface area (Å²) in [5.74, 6) is -0.181. The molecular formula is C14H25N3O2. The molecule has 5 heteroatoms. The first-order valence-electron chi connectivity index (χ1n) is 6.93. The van der Waals surface area contributed by atoms with Gasteiger partial charge in [0.15, 0.2) is 0 Å². The SMILES string of the molecule is CCCNC(C)(CCCCn1cccn1)C(=O)OC. The Balaban J connectivity index is 2.37. The zero-order valence-electron chi connectivity index (χ0n) is 12.2. The molecule has 5 nitrogen and oxygen atoms in total. The van der Waals surface area contributed by atoms with Crippen molar-refractivity contribution in [1.82, 2.24) is 15.1 Å². The van der Waals surface area contributed by atoms with E-state index in [0.717, 1.165) is 38.8 Å². The van der Waals surface area contributed by atoms with E-state index >= 15 is 0 Å². The van der Waals surface area contributed by atoms with Gasteiger partial charge in [-0.25, -0.2) is 0 Å². The predicted molar refractivity (Wildman–Crippen MR) is 74.8 cm³/mol. The molecule has 108 valence electrons. The van der Waals surface area contributed by atoms with Crippen molar-refractivity contribution in [3.05, 3.63) is 18.5 Å². The van der Waals surface area contributed by atoms with Crippen molar-refractivity contribution >= 4 is 5.97 Å². The van der Waals surface area contributed by atoms with Crippen molar-refractivity contribution in [2.75, 3.05) is 13.7 Å². The summed E-state index contributed by atoms with van der Waals surface area (Å²) in [7, 11) is 1.44. The maximum Gasteiger partial charge on any atom is 0.325 e. The largest absolute Gasteiger partial charge is 0.468 e. The number of nitrogens with one attached hydrogen (secondary N) is 1. The van der Waals surface area contributed by atoms with Crippen molar-refractivity contribution in [2.24, 2.45) is 0 Å². The van der Waals surface area contributed by atoms with Gasteiger partial charge in [0.2, 0.25) is 0 Å². The molecule has 0 saturated heterocycles. The van der Waals surface area contributed by atoms with E-state index < -0.39 is 5.54 Å². The van der Waals surface area contributed by atoms with Gasteiger partial charge in [0.1, 0.15) is 5.54 Å². The summed E-state index contributed by atoms with van der Waals surface area (Å²) in [4.78, 5) is 11.9. The third-order valence-corrected chi connectivity index (χ3v) is 3.27. The highest BCUT2D eigenvalue weighted by Crippen LogP contribution is 2.16. The molecule has 19 heavy (non-hydrogen) atoms. The number of ether oxygens (including phenoxy) is 1. The van der Waals surface area contributed by atoms with Crippen molar-refractivity contribution < 1.29 is 9.53 Å². The first kappa shape index (κ1) is 15.7. The Morgan fingerprint density at radius 3 is 2.84 bits per heavy atom. The Morgan fingerprint density at radius 1 is 1.47 bits per heavy atom. The highest BCUT2D eigenvalue weighted by molar-refractivity contribution is 5.80. The van der Waals surface area contributed by atoms with Gasteiger partial charge < -0.3 is 10.1 Å². The van der Waals surface area contributed by atoms with E-state index in [1.807, 2.05) is 23.9 Å². The van der Waals surface area contributed by atoms with E-state index in [4.69, 9.17) is 4.74 Å². The smallest absolute Gasteiger partial charge is 0.325 e. The van der Waals surface area contributed by atoms with Gasteiger partial charge >= 0.3 is 5.97 Å². The van der Waals surface area contributed by atoms with Crippen LogP contribution in [0, 0.1) is 0 Å². The van der Waals surface area contributed by atoms with E-state index in [1.54, 1.807) is 6.20 Å². The highest BCUT2D eigenvalue weighted by atomic mass is 16.5. The minimum absolute atomic E-state index is 0.181. The molecule has 0 bridgehead atoms. The fourth-order valence-corrected chi connectivity index (χ4v) is 2.07. The topological polar surface area (TPSA) is 56.2 Å². The van der Waals surface area contributed by atoms with Gasteiger partial charge in [-0.2, -0.15) is 5.10 Å². The van der Waals surface area contributed by atoms with Gasteiger partial charge in [-0.05, 0) is 45.2 Å². The van der Waals surface area contributed by atoms with Crippen LogP contribution in [0.15, 0.2) is 18.5 Å². The molecule has 1 N–H and O–H groups in total. The molecule has 0 aromatic carbocycles. The van der Waals surface area contributed by atoms with Crippen molar-refractivity contribution in [3.8, 4) is 0 Å². The molecule has 0 amide bonds. The van der Waals surface area contributed by atoms with E-state index in [2.05, 4.69) is 17.3 Å². The van der Waals surface area contributed by atoms with Gasteiger partial charge in [-0.3, -0.25) is 9.48 Å². The van der Waals surface area contributed by atoms with E-state index in [9.17, 15) is 4.79 Å². The maximum atomic E-state index is 11.9. The molecule has 1 rings (SSSR count). The van der Waals surface area contributed by atoms with Crippen LogP contribution in [-0.2, 0) is 16.1 Å². The van der Waals surface area contributed by atoms with Crippen LogP contribution in [0.1, 0.15) is 39.5 Å². The van der Waals surface area contributed by atoms with Crippen LogP contribution in [0.3, 0.4) is 0 Å². The number of esters is 1. The number of nitrogens with zero attached hydrogens (tertiary/aromatic N) is 2. The Morgan fingerprint density at radius 2 is 2.26 bits per heavy atom. The van der Waals surface area contributed by atoms with E-state index in [-0.39, 0.29) is 5.97 Å². The molecule has 0 spiro atoms. The number of methoxy groups -OCH3 is 1. The van der Waals surface area contributed by atoms with E-state index in [0.29, 0.717) is 0 Å². The van der Waals surface area contributed by atoms with Crippen molar-refractivity contribution in [2.45, 2.75) is 51.6 Å². The molecule has 0 saturated carbocycles. The molecule has 1 atom stereocenters. The quantitative estimate of drug-likeness (QED) is 0.549. The Labute approximate surface area is 115 Å². The summed E-state index contributed by atoms with van der Waals surface area (Å²) in [6.07, 6.45) is 7.47. The zero-order chi connectivity index (χ0) is 14.1. The minimum Gasteiger partial charge on any atom is -0.468 e. The predicted octanol–water partition coefficient (Wildman–Crippen LogP) is 1.98. The molecule has 0 aliphatic carbocycles. The van der Waals surface area contributed by atoms with Crippen molar-refractivity contribution in [3.63, 3.8) is 0 Å². The third kappa shape index (κ3) is 5.03. The van der Waals surface area contributed by atoms with E-state index in [1.165, 1.54) is 7.11 Å². The molecule has 0 radical (unpaired) electrons. The van der Waals surface area contributed by atoms with Gasteiger partial charge in [0.25, 0.3) is 0 Å². The molecule has 0 aliphatic rings. The molecular weight excluding hydrogens is 242 g/mol. The summed E-state index contributed by atoms with van der Waals surface area (Å²) in [6, 6.07) is 1.92. The van der Waals surface area contributed by atoms with Crippen LogP contribution in [0.25, 0.3) is 0 Å². The van der Waals surface area contributed by atoms with Crippen LogP contribution in [-0.4, -0.2) is 34.9 Å². The first-order valence-corrected chi connectivity index (χ1v) is 6.93. The molecule has 1 heterocycles. The summed E-state index contributed by atoms with van der Waals surface area (Å²) in [6.45, 7) is 5.72. The highest BCUT2D eigenvalue weighted by Gasteiger charge is 2.32. The standard InChI is InChI=1S/C14H25N3O2/c1-4-9-15-14(2,13(18)19-3)8-5-6-11-17-12-7-10-16-17/h7,10,12,15H,4-6,8-9,11H2,1-3H3. The number of hydrogen-bond acceptors (Lipinski definition) is 4. The second-order valence-electron chi connectivity index (χ2n) is 4.98. The third-order valence-electron chi connectivity index (χ3n) is 3.27. The lowest BCUT2D eigenvalue weighted by atomic mass is 9.94. The van der Waals surface area contributed by atoms with Crippen LogP contribution in [0.5, 0.6) is 0 Å². The minimum atomic E-state index is -0.575. The van der Waals surface area contributed by atoms with Crippen molar-refractivity contribution in [1.29, 1.82) is 0 Å². The van der Waals surface area contributed by atoms with Crippen LogP contribution in [0.4, 0.5) is 0 Å². The Hall–Kier alpha value is -1.36. The van der Waals surface area contributed by atoms with Crippen LogP contribution < -0.4 is 5.32 Å². The lowest BCUT2D eigenvalue weighted by Crippen LogP contribution is -2.50. The molecule has 1 unspecified atom stereocenters. The van der Waals surface area contributed by atoms with Gasteiger partial charge in [0, 0.05) is 18.9 Å². The maximum absolute atomic E-state index is 11.9. The first-order chi connectivity index (χ1) is 9.12. The van der Waals surface area contributed by atoms with Gasteiger partial charge in [-0.1, -0.05) is 6.92 Å². The number of aromatic nitrogens is 2. The molecule has 0 fully saturated rings. The monoisotopic (exact) mass is 267 g/mol. The lowest BCUT2D eigenvalue weighted by molar-refractivity contribution is -0.148. The average molecular weight is 267 g/mol. The lowest BCUT2D eigenvalue weighted by Gasteiger charge is -2.28.